The first-order chi connectivity index (χ1) is 8.81. The van der Waals surface area contributed by atoms with Gasteiger partial charge in [0.05, 0.1) is 0 Å². The summed E-state index contributed by atoms with van der Waals surface area (Å²) in [6.45, 7) is 4.71. The van der Waals surface area contributed by atoms with Crippen molar-refractivity contribution in [3.05, 3.63) is 12.2 Å². The van der Waals surface area contributed by atoms with Gasteiger partial charge in [-0.05, 0) is 75.0 Å². The molecule has 2 fully saturated rings. The van der Waals surface area contributed by atoms with Crippen LogP contribution in [0.2, 0.25) is 0 Å². The van der Waals surface area contributed by atoms with E-state index in [2.05, 4.69) is 26.0 Å². The Labute approximate surface area is 114 Å². The van der Waals surface area contributed by atoms with Gasteiger partial charge < -0.3 is 0 Å². The molecule has 0 aromatic heterocycles. The molecule has 0 N–H and O–H groups in total. The zero-order valence-electron chi connectivity index (χ0n) is 12.5. The third-order valence-corrected chi connectivity index (χ3v) is 5.59. The lowest BCUT2D eigenvalue weighted by Crippen LogP contribution is -2.14. The number of hydrogen-bond acceptors (Lipinski definition) is 0. The average Bonchev–Trinajstić information content (AvgIpc) is 2.46. The fourth-order valence-corrected chi connectivity index (χ4v) is 3.89. The van der Waals surface area contributed by atoms with Crippen molar-refractivity contribution in [2.24, 2.45) is 23.7 Å². The van der Waals surface area contributed by atoms with Crippen LogP contribution in [0.1, 0.15) is 78.1 Å². The monoisotopic (exact) mass is 248 g/mol. The van der Waals surface area contributed by atoms with Gasteiger partial charge in [0.1, 0.15) is 0 Å². The van der Waals surface area contributed by atoms with E-state index in [-0.39, 0.29) is 0 Å². The van der Waals surface area contributed by atoms with Crippen molar-refractivity contribution in [3.8, 4) is 0 Å². The van der Waals surface area contributed by atoms with E-state index in [0.717, 1.165) is 23.7 Å². The first-order valence-electron chi connectivity index (χ1n) is 8.50. The fourth-order valence-electron chi connectivity index (χ4n) is 3.89. The second-order valence-corrected chi connectivity index (χ2v) is 6.76. The standard InChI is InChI=1S/C18H32/c1-3-15-5-9-17(10-6-15)13-14-18-11-7-16(4-2)8-12-18/h13-18H,3-12H2,1-2H3. The van der Waals surface area contributed by atoms with E-state index in [1.807, 2.05) is 0 Å². The molecule has 0 heteroatoms. The lowest BCUT2D eigenvalue weighted by molar-refractivity contribution is 0.293. The summed E-state index contributed by atoms with van der Waals surface area (Å²) < 4.78 is 0. The normalized spacial score (nSPS) is 38.1. The highest BCUT2D eigenvalue weighted by molar-refractivity contribution is 4.96. The van der Waals surface area contributed by atoms with E-state index in [9.17, 15) is 0 Å². The zero-order chi connectivity index (χ0) is 12.8. The maximum Gasteiger partial charge on any atom is -0.0233 e. The first kappa shape index (κ1) is 14.2. The van der Waals surface area contributed by atoms with Gasteiger partial charge in [-0.15, -0.1) is 0 Å². The molecule has 0 aromatic carbocycles. The molecule has 2 aliphatic carbocycles. The topological polar surface area (TPSA) is 0 Å². The van der Waals surface area contributed by atoms with E-state index in [4.69, 9.17) is 0 Å². The van der Waals surface area contributed by atoms with Crippen molar-refractivity contribution in [2.45, 2.75) is 78.1 Å². The molecule has 18 heavy (non-hydrogen) atoms. The van der Waals surface area contributed by atoms with Crippen LogP contribution in [0.15, 0.2) is 12.2 Å². The maximum absolute atomic E-state index is 2.59. The van der Waals surface area contributed by atoms with Crippen molar-refractivity contribution < 1.29 is 0 Å². The Kier molecular flexibility index (Phi) is 5.79. The Balaban J connectivity index is 1.69. The van der Waals surface area contributed by atoms with Gasteiger partial charge in [0.25, 0.3) is 0 Å². The molecule has 2 aliphatic rings. The van der Waals surface area contributed by atoms with Crippen molar-refractivity contribution in [1.29, 1.82) is 0 Å². The number of allylic oxidation sites excluding steroid dienone is 2. The Morgan fingerprint density at radius 1 is 0.611 bits per heavy atom. The van der Waals surface area contributed by atoms with Gasteiger partial charge in [-0.3, -0.25) is 0 Å². The largest absolute Gasteiger partial charge is 0.0851 e. The molecule has 0 radical (unpaired) electrons. The summed E-state index contributed by atoms with van der Waals surface area (Å²) in [5, 5.41) is 0. The third kappa shape index (κ3) is 4.14. The highest BCUT2D eigenvalue weighted by Gasteiger charge is 2.20. The van der Waals surface area contributed by atoms with Crippen molar-refractivity contribution in [1.82, 2.24) is 0 Å². The van der Waals surface area contributed by atoms with Crippen LogP contribution in [0.25, 0.3) is 0 Å². The van der Waals surface area contributed by atoms with Gasteiger partial charge in [-0.2, -0.15) is 0 Å². The molecule has 0 nitrogen and oxygen atoms in total. The Hall–Kier alpha value is -0.260. The van der Waals surface area contributed by atoms with E-state index in [0.29, 0.717) is 0 Å². The molecule has 2 saturated carbocycles. The summed E-state index contributed by atoms with van der Waals surface area (Å²) in [4.78, 5) is 0. The molecule has 0 atom stereocenters. The molecule has 0 unspecified atom stereocenters. The van der Waals surface area contributed by atoms with Crippen molar-refractivity contribution in [3.63, 3.8) is 0 Å². The van der Waals surface area contributed by atoms with Crippen molar-refractivity contribution >= 4 is 0 Å². The first-order valence-corrected chi connectivity index (χ1v) is 8.50. The summed E-state index contributed by atoms with van der Waals surface area (Å²) in [6, 6.07) is 0. The highest BCUT2D eigenvalue weighted by Crippen LogP contribution is 2.34. The predicted octanol–water partition coefficient (Wildman–Crippen LogP) is 5.98. The predicted molar refractivity (Wildman–Crippen MR) is 80.6 cm³/mol. The van der Waals surface area contributed by atoms with Crippen LogP contribution in [0, 0.1) is 23.7 Å². The Morgan fingerprint density at radius 2 is 0.944 bits per heavy atom. The fraction of sp³-hybridized carbons (Fsp3) is 0.889. The summed E-state index contributed by atoms with van der Waals surface area (Å²) in [7, 11) is 0. The van der Waals surface area contributed by atoms with Gasteiger partial charge in [-0.1, -0.05) is 38.8 Å². The molecule has 2 rings (SSSR count). The van der Waals surface area contributed by atoms with Crippen LogP contribution >= 0.6 is 0 Å². The van der Waals surface area contributed by atoms with E-state index >= 15 is 0 Å². The van der Waals surface area contributed by atoms with Gasteiger partial charge >= 0.3 is 0 Å². The van der Waals surface area contributed by atoms with Crippen LogP contribution in [-0.2, 0) is 0 Å². The SMILES string of the molecule is CCC1CCC(C=CC2CCC(CC)CC2)CC1. The Bertz CT molecular complexity index is 211. The van der Waals surface area contributed by atoms with Crippen molar-refractivity contribution in [2.75, 3.05) is 0 Å². The van der Waals surface area contributed by atoms with Crippen LogP contribution in [0.3, 0.4) is 0 Å². The minimum absolute atomic E-state index is 0.914. The summed E-state index contributed by atoms with van der Waals surface area (Å²) in [5.41, 5.74) is 0. The molecule has 0 amide bonds. The zero-order valence-corrected chi connectivity index (χ0v) is 12.5. The minimum Gasteiger partial charge on any atom is -0.0851 e. The lowest BCUT2D eigenvalue weighted by Gasteiger charge is -2.28. The second-order valence-electron chi connectivity index (χ2n) is 6.76. The minimum atomic E-state index is 0.914. The summed E-state index contributed by atoms with van der Waals surface area (Å²) in [5.74, 6) is 3.90. The molecule has 0 aromatic rings. The van der Waals surface area contributed by atoms with Crippen LogP contribution in [0.4, 0.5) is 0 Å². The Morgan fingerprint density at radius 3 is 1.22 bits per heavy atom. The molecular formula is C18H32. The third-order valence-electron chi connectivity index (χ3n) is 5.59. The van der Waals surface area contributed by atoms with Crippen LogP contribution < -0.4 is 0 Å². The van der Waals surface area contributed by atoms with Gasteiger partial charge in [0, 0.05) is 0 Å². The summed E-state index contributed by atoms with van der Waals surface area (Å²) in [6.07, 6.45) is 19.7. The van der Waals surface area contributed by atoms with E-state index in [1.165, 1.54) is 64.2 Å². The highest BCUT2D eigenvalue weighted by atomic mass is 14.3. The van der Waals surface area contributed by atoms with Gasteiger partial charge in [0.2, 0.25) is 0 Å². The van der Waals surface area contributed by atoms with E-state index in [1.54, 1.807) is 0 Å². The average molecular weight is 248 g/mol. The number of hydrogen-bond donors (Lipinski definition) is 0. The quantitative estimate of drug-likeness (QED) is 0.537. The van der Waals surface area contributed by atoms with Crippen LogP contribution in [-0.4, -0.2) is 0 Å². The second kappa shape index (κ2) is 7.36. The molecule has 104 valence electrons. The summed E-state index contributed by atoms with van der Waals surface area (Å²) >= 11 is 0. The smallest absolute Gasteiger partial charge is 0.0233 e. The lowest BCUT2D eigenvalue weighted by atomic mass is 9.78. The molecule has 0 saturated heterocycles. The molecule has 0 spiro atoms. The molecule has 0 heterocycles. The van der Waals surface area contributed by atoms with Gasteiger partial charge in [-0.25, -0.2) is 0 Å². The maximum atomic E-state index is 2.59. The van der Waals surface area contributed by atoms with E-state index < -0.39 is 0 Å². The molecule has 0 bridgehead atoms. The molecule has 0 aliphatic heterocycles. The molecular weight excluding hydrogens is 216 g/mol. The van der Waals surface area contributed by atoms with Gasteiger partial charge in [0.15, 0.2) is 0 Å². The van der Waals surface area contributed by atoms with Crippen LogP contribution in [0.5, 0.6) is 0 Å². The number of rotatable bonds is 4.